The van der Waals surface area contributed by atoms with Crippen LogP contribution in [0.25, 0.3) is 16.6 Å². The third-order valence-corrected chi connectivity index (χ3v) is 6.92. The summed E-state index contributed by atoms with van der Waals surface area (Å²) in [5.41, 5.74) is 3.75. The summed E-state index contributed by atoms with van der Waals surface area (Å²) < 4.78 is 18.0. The van der Waals surface area contributed by atoms with Crippen molar-refractivity contribution < 1.29 is 9.50 Å². The molecule has 0 saturated heterocycles. The monoisotopic (exact) mass is 448 g/mol. The fourth-order valence-corrected chi connectivity index (χ4v) is 5.19. The summed E-state index contributed by atoms with van der Waals surface area (Å²) in [5, 5.41) is 28.7. The molecule has 0 aromatic carbocycles. The number of pyridine rings is 2. The summed E-state index contributed by atoms with van der Waals surface area (Å²) in [7, 11) is 0. The van der Waals surface area contributed by atoms with Crippen LogP contribution in [0.1, 0.15) is 43.0 Å². The zero-order chi connectivity index (χ0) is 22.2. The Morgan fingerprint density at radius 3 is 2.81 bits per heavy atom. The number of fused-ring (bicyclic) bond motifs is 1. The fourth-order valence-electron chi connectivity index (χ4n) is 4.22. The van der Waals surface area contributed by atoms with E-state index in [0.29, 0.717) is 16.0 Å². The molecular formula is C23H21FN6OS. The van der Waals surface area contributed by atoms with E-state index in [4.69, 9.17) is 5.10 Å². The van der Waals surface area contributed by atoms with E-state index in [2.05, 4.69) is 16.2 Å². The molecule has 0 unspecified atom stereocenters. The molecule has 32 heavy (non-hydrogen) atoms. The van der Waals surface area contributed by atoms with Crippen LogP contribution in [0.4, 0.5) is 4.39 Å². The van der Waals surface area contributed by atoms with Crippen LogP contribution in [-0.2, 0) is 0 Å². The number of aliphatic hydroxyl groups is 1. The number of aryl methyl sites for hydroxylation is 1. The summed E-state index contributed by atoms with van der Waals surface area (Å²) in [6.45, 7) is 1.96. The lowest BCUT2D eigenvalue weighted by Gasteiger charge is -2.25. The third kappa shape index (κ3) is 3.76. The van der Waals surface area contributed by atoms with E-state index >= 15 is 0 Å². The van der Waals surface area contributed by atoms with E-state index in [1.165, 1.54) is 24.0 Å². The molecule has 5 rings (SSSR count). The van der Waals surface area contributed by atoms with Crippen LogP contribution < -0.4 is 0 Å². The summed E-state index contributed by atoms with van der Waals surface area (Å²) in [4.78, 5) is 4.85. The first-order chi connectivity index (χ1) is 15.5. The van der Waals surface area contributed by atoms with E-state index in [0.717, 1.165) is 42.5 Å². The molecule has 4 heterocycles. The molecule has 4 aromatic rings. The zero-order valence-corrected chi connectivity index (χ0v) is 18.3. The molecule has 0 atom stereocenters. The van der Waals surface area contributed by atoms with Gasteiger partial charge < -0.3 is 5.11 Å². The SMILES string of the molecule is Cc1nn([C@H]2CC[C@H](O)CC2)cc1-c1cc(Sc2ncccc2F)c2c(C#N)cnn2c1. The summed E-state index contributed by atoms with van der Waals surface area (Å²) in [6.07, 6.45) is 10.1. The number of aliphatic hydroxyl groups excluding tert-OH is 1. The minimum atomic E-state index is -0.414. The van der Waals surface area contributed by atoms with Crippen LogP contribution >= 0.6 is 11.8 Å². The van der Waals surface area contributed by atoms with Gasteiger partial charge >= 0.3 is 0 Å². The molecule has 0 spiro atoms. The normalized spacial score (nSPS) is 18.7. The Hall–Kier alpha value is -3.22. The second-order valence-electron chi connectivity index (χ2n) is 8.02. The molecule has 0 aliphatic heterocycles. The van der Waals surface area contributed by atoms with Crippen LogP contribution in [0.15, 0.2) is 52.9 Å². The molecule has 4 aromatic heterocycles. The second kappa shape index (κ2) is 8.37. The van der Waals surface area contributed by atoms with Gasteiger partial charge in [0, 0.05) is 34.6 Å². The Kier molecular flexibility index (Phi) is 5.41. The van der Waals surface area contributed by atoms with Crippen LogP contribution in [0.3, 0.4) is 0 Å². The molecule has 0 amide bonds. The van der Waals surface area contributed by atoms with E-state index < -0.39 is 5.82 Å². The first-order valence-electron chi connectivity index (χ1n) is 10.5. The van der Waals surface area contributed by atoms with Crippen LogP contribution in [0, 0.1) is 24.1 Å². The molecule has 1 N–H and O–H groups in total. The Morgan fingerprint density at radius 1 is 1.25 bits per heavy atom. The largest absolute Gasteiger partial charge is 0.393 e. The quantitative estimate of drug-likeness (QED) is 0.493. The van der Waals surface area contributed by atoms with Gasteiger partial charge in [-0.25, -0.2) is 13.9 Å². The topological polar surface area (TPSA) is 92.0 Å². The molecule has 1 aliphatic rings. The van der Waals surface area contributed by atoms with Crippen molar-refractivity contribution in [1.82, 2.24) is 24.4 Å². The molecule has 9 heteroatoms. The van der Waals surface area contributed by atoms with Crippen molar-refractivity contribution in [2.24, 2.45) is 0 Å². The number of rotatable bonds is 4. The molecule has 0 bridgehead atoms. The average Bonchev–Trinajstić information content (AvgIpc) is 3.39. The van der Waals surface area contributed by atoms with E-state index in [1.54, 1.807) is 16.8 Å². The lowest BCUT2D eigenvalue weighted by Crippen LogP contribution is -2.21. The molecule has 162 valence electrons. The maximum absolute atomic E-state index is 14.3. The van der Waals surface area contributed by atoms with Crippen LogP contribution in [0.5, 0.6) is 0 Å². The highest BCUT2D eigenvalue weighted by Gasteiger charge is 2.23. The highest BCUT2D eigenvalue weighted by Crippen LogP contribution is 2.37. The summed E-state index contributed by atoms with van der Waals surface area (Å²) in [5.74, 6) is -0.414. The molecule has 1 fully saturated rings. The first kappa shape index (κ1) is 20.7. The van der Waals surface area contributed by atoms with E-state index in [-0.39, 0.29) is 17.2 Å². The maximum atomic E-state index is 14.3. The second-order valence-corrected chi connectivity index (χ2v) is 9.05. The van der Waals surface area contributed by atoms with Gasteiger partial charge in [0.1, 0.15) is 11.1 Å². The highest BCUT2D eigenvalue weighted by atomic mass is 32.2. The molecule has 7 nitrogen and oxygen atoms in total. The van der Waals surface area contributed by atoms with Gasteiger partial charge in [-0.1, -0.05) is 11.8 Å². The van der Waals surface area contributed by atoms with Crippen LogP contribution in [-0.4, -0.2) is 35.6 Å². The van der Waals surface area contributed by atoms with Crippen molar-refractivity contribution in [3.05, 3.63) is 60.1 Å². The molecule has 1 aliphatic carbocycles. The molecular weight excluding hydrogens is 427 g/mol. The third-order valence-electron chi connectivity index (χ3n) is 5.90. The van der Waals surface area contributed by atoms with Gasteiger partial charge in [0.25, 0.3) is 0 Å². The lowest BCUT2D eigenvalue weighted by atomic mass is 9.93. The number of hydrogen-bond donors (Lipinski definition) is 1. The van der Waals surface area contributed by atoms with Gasteiger partial charge in [0.2, 0.25) is 0 Å². The van der Waals surface area contributed by atoms with E-state index in [1.807, 2.05) is 30.1 Å². The van der Waals surface area contributed by atoms with Gasteiger partial charge in [0.05, 0.1) is 35.1 Å². The number of nitrogens with zero attached hydrogens (tertiary/aromatic N) is 6. The highest BCUT2D eigenvalue weighted by molar-refractivity contribution is 7.99. The van der Waals surface area contributed by atoms with E-state index in [9.17, 15) is 14.8 Å². The van der Waals surface area contributed by atoms with Crippen LogP contribution in [0.2, 0.25) is 0 Å². The minimum absolute atomic E-state index is 0.217. The summed E-state index contributed by atoms with van der Waals surface area (Å²) >= 11 is 1.17. The van der Waals surface area contributed by atoms with Gasteiger partial charge in [-0.3, -0.25) is 4.68 Å². The van der Waals surface area contributed by atoms with Crippen molar-refractivity contribution >= 4 is 17.3 Å². The van der Waals surface area contributed by atoms with Gasteiger partial charge in [0.15, 0.2) is 5.82 Å². The van der Waals surface area contributed by atoms with Crippen molar-refractivity contribution in [3.8, 4) is 17.2 Å². The van der Waals surface area contributed by atoms with Gasteiger partial charge in [-0.2, -0.15) is 15.5 Å². The Bertz CT molecular complexity index is 1330. The zero-order valence-electron chi connectivity index (χ0n) is 17.4. The Balaban J connectivity index is 1.58. The fraction of sp³-hybridized carbons (Fsp3) is 0.304. The van der Waals surface area contributed by atoms with Gasteiger partial charge in [-0.15, -0.1) is 0 Å². The molecule has 0 radical (unpaired) electrons. The van der Waals surface area contributed by atoms with Gasteiger partial charge in [-0.05, 0) is 50.8 Å². The predicted octanol–water partition coefficient (Wildman–Crippen LogP) is 4.54. The van der Waals surface area contributed by atoms with Crippen molar-refractivity contribution in [2.45, 2.75) is 54.7 Å². The Labute approximate surface area is 188 Å². The number of hydrogen-bond acceptors (Lipinski definition) is 6. The first-order valence-corrected chi connectivity index (χ1v) is 11.3. The van der Waals surface area contributed by atoms with Crippen molar-refractivity contribution in [1.29, 1.82) is 5.26 Å². The van der Waals surface area contributed by atoms with Crippen molar-refractivity contribution in [2.75, 3.05) is 0 Å². The number of halogens is 1. The number of nitriles is 1. The summed E-state index contributed by atoms with van der Waals surface area (Å²) in [6, 6.07) is 7.29. The molecule has 1 saturated carbocycles. The predicted molar refractivity (Wildman–Crippen MR) is 118 cm³/mol. The standard InChI is InChI=1S/C23H21FN6OS/c1-14-19(13-29(28-14)17-4-6-18(31)7-5-17)15-9-21(32-23-20(24)3-2-8-26-23)22-16(10-25)11-27-30(22)12-15/h2-3,8-9,11-13,17-18,31H,4-7H2,1H3/t17-,18-. The average molecular weight is 449 g/mol. The smallest absolute Gasteiger partial charge is 0.155 e. The lowest BCUT2D eigenvalue weighted by molar-refractivity contribution is 0.108. The maximum Gasteiger partial charge on any atom is 0.155 e. The van der Waals surface area contributed by atoms with Crippen molar-refractivity contribution in [3.63, 3.8) is 0 Å². The number of aromatic nitrogens is 5. The Morgan fingerprint density at radius 2 is 2.06 bits per heavy atom. The minimum Gasteiger partial charge on any atom is -0.393 e.